The number of ether oxygens (including phenoxy) is 3. The third kappa shape index (κ3) is 4.74. The molecule has 234 valence electrons. The summed E-state index contributed by atoms with van der Waals surface area (Å²) in [4.78, 5) is 41.4. The van der Waals surface area contributed by atoms with Gasteiger partial charge < -0.3 is 39.7 Å². The minimum atomic E-state index is -1.56. The molecular formula is C33H38N2O9. The van der Waals surface area contributed by atoms with Crippen LogP contribution in [0.2, 0.25) is 0 Å². The lowest BCUT2D eigenvalue weighted by atomic mass is 9.50. The van der Waals surface area contributed by atoms with Gasteiger partial charge in [-0.05, 0) is 56.1 Å². The van der Waals surface area contributed by atoms with Crippen LogP contribution in [0, 0.1) is 0 Å². The van der Waals surface area contributed by atoms with Crippen LogP contribution in [0.4, 0.5) is 0 Å². The smallest absolute Gasteiger partial charge is 0.329 e. The number of hydrogen-bond acceptors (Lipinski definition) is 10. The van der Waals surface area contributed by atoms with Gasteiger partial charge in [-0.2, -0.15) is 0 Å². The van der Waals surface area contributed by atoms with E-state index in [0.717, 1.165) is 17.5 Å². The van der Waals surface area contributed by atoms with E-state index in [1.807, 2.05) is 20.0 Å². The molecule has 0 aromatic heterocycles. The minimum Gasteiger partial charge on any atom is -0.504 e. The molecule has 6 atom stereocenters. The number of carbonyl (C=O) groups excluding carboxylic acids is 3. The summed E-state index contributed by atoms with van der Waals surface area (Å²) in [6.45, 7) is 2.72. The summed E-state index contributed by atoms with van der Waals surface area (Å²) in [5.41, 5.74) is -0.101. The zero-order valence-electron chi connectivity index (χ0n) is 24.8. The molecule has 2 aromatic carbocycles. The zero-order chi connectivity index (χ0) is 31.2. The third-order valence-corrected chi connectivity index (χ3v) is 9.66. The summed E-state index contributed by atoms with van der Waals surface area (Å²) in [5, 5.41) is 36.0. The van der Waals surface area contributed by atoms with Gasteiger partial charge in [0.1, 0.15) is 11.8 Å². The molecule has 2 aliphatic heterocycles. The van der Waals surface area contributed by atoms with E-state index < -0.39 is 53.5 Å². The maximum atomic E-state index is 13.4. The van der Waals surface area contributed by atoms with Crippen LogP contribution in [0.5, 0.6) is 11.5 Å². The van der Waals surface area contributed by atoms with Gasteiger partial charge in [-0.15, -0.1) is 0 Å². The standard InChI is InChI=1S/C33H38N2O9/c1-3-4-16-42-31(40)21(34-30(39)27(38)19-8-6-5-7-9-19)18-25(37)43-23-12-13-33(41)24-17-20-10-11-22(36)28-26(20)32(33,29(23)44-28)14-15-35(24)2/h5-12,21,24,27,29,36,38,41H,3-4,13-18H2,1-2H3,(H,34,39)/t21-,24+,27-,29-,32-,33+/m0/s1. The fourth-order valence-corrected chi connectivity index (χ4v) is 7.43. The maximum Gasteiger partial charge on any atom is 0.329 e. The summed E-state index contributed by atoms with van der Waals surface area (Å²) in [6.07, 6.45) is 1.32. The molecule has 4 N–H and O–H groups in total. The second-order valence-electron chi connectivity index (χ2n) is 12.2. The zero-order valence-corrected chi connectivity index (χ0v) is 24.8. The van der Waals surface area contributed by atoms with E-state index in [4.69, 9.17) is 14.2 Å². The lowest BCUT2D eigenvalue weighted by Gasteiger charge is -2.61. The van der Waals surface area contributed by atoms with Crippen molar-refractivity contribution in [2.45, 2.75) is 80.8 Å². The first-order valence-electron chi connectivity index (χ1n) is 15.2. The number of phenols is 1. The van der Waals surface area contributed by atoms with Gasteiger partial charge >= 0.3 is 11.9 Å². The number of esters is 2. The number of aliphatic hydroxyl groups is 2. The highest BCUT2D eigenvalue weighted by Gasteiger charge is 2.72. The quantitative estimate of drug-likeness (QED) is 0.234. The molecule has 6 rings (SSSR count). The van der Waals surface area contributed by atoms with Gasteiger partial charge in [0.2, 0.25) is 0 Å². The van der Waals surface area contributed by atoms with Crippen LogP contribution >= 0.6 is 0 Å². The van der Waals surface area contributed by atoms with Crippen molar-refractivity contribution in [3.8, 4) is 11.5 Å². The topological polar surface area (TPSA) is 155 Å². The molecule has 11 nitrogen and oxygen atoms in total. The average molecular weight is 607 g/mol. The van der Waals surface area contributed by atoms with Crippen LogP contribution in [0.25, 0.3) is 0 Å². The molecule has 1 saturated heterocycles. The number of benzene rings is 2. The van der Waals surface area contributed by atoms with Gasteiger partial charge in [0.25, 0.3) is 5.91 Å². The number of nitrogens with one attached hydrogen (secondary N) is 1. The van der Waals surface area contributed by atoms with Gasteiger partial charge in [-0.25, -0.2) is 4.79 Å². The minimum absolute atomic E-state index is 0.0486. The number of nitrogens with zero attached hydrogens (tertiary/aromatic N) is 1. The monoisotopic (exact) mass is 606 g/mol. The average Bonchev–Trinajstić information content (AvgIpc) is 3.38. The van der Waals surface area contributed by atoms with Crippen molar-refractivity contribution < 1.29 is 43.9 Å². The largest absolute Gasteiger partial charge is 0.504 e. The first-order valence-corrected chi connectivity index (χ1v) is 15.2. The maximum absolute atomic E-state index is 13.4. The van der Waals surface area contributed by atoms with Gasteiger partial charge in [0, 0.05) is 18.0 Å². The Hall–Kier alpha value is -3.93. The number of phenolic OH excluding ortho intramolecular Hbond substituents is 1. The number of unbranched alkanes of at least 4 members (excludes halogenated alkanes) is 1. The Labute approximate surface area is 255 Å². The van der Waals surface area contributed by atoms with Crippen molar-refractivity contribution in [3.05, 3.63) is 71.0 Å². The van der Waals surface area contributed by atoms with Crippen molar-refractivity contribution in [3.63, 3.8) is 0 Å². The highest BCUT2D eigenvalue weighted by Crippen LogP contribution is 2.65. The van der Waals surface area contributed by atoms with Crippen molar-refractivity contribution in [2.24, 2.45) is 0 Å². The second kappa shape index (κ2) is 11.5. The number of piperidine rings is 1. The summed E-state index contributed by atoms with van der Waals surface area (Å²) in [7, 11) is 1.98. The number of amides is 1. The van der Waals surface area contributed by atoms with Crippen LogP contribution in [0.3, 0.4) is 0 Å². The van der Waals surface area contributed by atoms with Crippen molar-refractivity contribution >= 4 is 17.8 Å². The number of aromatic hydroxyl groups is 1. The van der Waals surface area contributed by atoms with E-state index in [-0.39, 0.29) is 36.3 Å². The van der Waals surface area contributed by atoms with E-state index in [9.17, 15) is 29.7 Å². The van der Waals surface area contributed by atoms with E-state index in [1.54, 1.807) is 42.5 Å². The van der Waals surface area contributed by atoms with Crippen LogP contribution in [0.1, 0.15) is 61.8 Å². The lowest BCUT2D eigenvalue weighted by molar-refractivity contribution is -0.170. The summed E-state index contributed by atoms with van der Waals surface area (Å²) in [6, 6.07) is 10.1. The first-order chi connectivity index (χ1) is 21.1. The number of carbonyl (C=O) groups is 3. The predicted molar refractivity (Wildman–Crippen MR) is 156 cm³/mol. The van der Waals surface area contributed by atoms with Crippen LogP contribution < -0.4 is 10.1 Å². The van der Waals surface area contributed by atoms with E-state index >= 15 is 0 Å². The Bertz CT molecular complexity index is 1490. The molecule has 1 spiro atoms. The molecule has 0 unspecified atom stereocenters. The number of rotatable bonds is 10. The molecule has 11 heteroatoms. The first kappa shape index (κ1) is 30.1. The Morgan fingerprint density at radius 2 is 1.95 bits per heavy atom. The molecule has 0 saturated carbocycles. The molecule has 2 bridgehead atoms. The third-order valence-electron chi connectivity index (χ3n) is 9.66. The van der Waals surface area contributed by atoms with Gasteiger partial charge in [0.05, 0.1) is 24.0 Å². The van der Waals surface area contributed by atoms with Gasteiger partial charge in [-0.1, -0.05) is 49.7 Å². The molecule has 44 heavy (non-hydrogen) atoms. The second-order valence-corrected chi connectivity index (χ2v) is 12.2. The molecular weight excluding hydrogens is 568 g/mol. The van der Waals surface area contributed by atoms with Crippen LogP contribution in [-0.4, -0.2) is 82.1 Å². The predicted octanol–water partition coefficient (Wildman–Crippen LogP) is 2.16. The Kier molecular flexibility index (Phi) is 7.89. The number of aliphatic hydroxyl groups excluding tert-OH is 1. The van der Waals surface area contributed by atoms with E-state index in [1.165, 1.54) is 0 Å². The van der Waals surface area contributed by atoms with Gasteiger partial charge in [0.15, 0.2) is 23.7 Å². The van der Waals surface area contributed by atoms with Gasteiger partial charge in [-0.3, -0.25) is 9.59 Å². The summed E-state index contributed by atoms with van der Waals surface area (Å²) >= 11 is 0. The van der Waals surface area contributed by atoms with E-state index in [0.29, 0.717) is 31.4 Å². The Morgan fingerprint density at radius 1 is 1.18 bits per heavy atom. The van der Waals surface area contributed by atoms with E-state index in [2.05, 4.69) is 10.2 Å². The highest BCUT2D eigenvalue weighted by atomic mass is 16.6. The number of likely N-dealkylation sites (tertiary alicyclic amines) is 1. The lowest BCUT2D eigenvalue weighted by Crippen LogP contribution is -2.74. The molecule has 1 fully saturated rings. The van der Waals surface area contributed by atoms with Crippen molar-refractivity contribution in [2.75, 3.05) is 20.2 Å². The normalized spacial score (nSPS) is 27.7. The molecule has 2 aliphatic carbocycles. The van der Waals surface area contributed by atoms with Crippen molar-refractivity contribution in [1.29, 1.82) is 0 Å². The molecule has 2 heterocycles. The number of hydrogen-bond donors (Lipinski definition) is 4. The summed E-state index contributed by atoms with van der Waals surface area (Å²) in [5.74, 6) is -2.09. The molecule has 1 amide bonds. The SMILES string of the molecule is CCCCOC(=O)[C@H](CC(=O)OC1=CC[C@@]2(O)[C@H]3Cc4ccc(O)c5c4[C@@]2(CCN3C)[C@H]1O5)NC(=O)[C@@H](O)c1ccccc1. The molecule has 2 aromatic rings. The Morgan fingerprint density at radius 3 is 2.70 bits per heavy atom. The highest BCUT2D eigenvalue weighted by molar-refractivity contribution is 5.90. The summed E-state index contributed by atoms with van der Waals surface area (Å²) < 4.78 is 17.5. The fourth-order valence-electron chi connectivity index (χ4n) is 7.43. The number of likely N-dealkylation sites (N-methyl/N-ethyl adjacent to an activating group) is 1. The fraction of sp³-hybridized carbons (Fsp3) is 0.485. The van der Waals surface area contributed by atoms with Crippen molar-refractivity contribution in [1.82, 2.24) is 10.2 Å². The van der Waals surface area contributed by atoms with Crippen LogP contribution in [0.15, 0.2) is 54.3 Å². The Balaban J connectivity index is 1.24. The molecule has 0 radical (unpaired) electrons. The molecule has 4 aliphatic rings. The van der Waals surface area contributed by atoms with Crippen LogP contribution in [-0.2, 0) is 35.7 Å².